The number of ether oxygens (including phenoxy) is 1. The number of carbonyl (C=O) groups excluding carboxylic acids is 1. The molecule has 0 bridgehead atoms. The van der Waals surface area contributed by atoms with Gasteiger partial charge in [-0.15, -0.1) is 0 Å². The fourth-order valence-electron chi connectivity index (χ4n) is 4.47. The Morgan fingerprint density at radius 1 is 1.00 bits per heavy atom. The molecule has 7 heteroatoms. The van der Waals surface area contributed by atoms with Crippen LogP contribution in [0.15, 0.2) is 42.5 Å². The highest BCUT2D eigenvalue weighted by molar-refractivity contribution is 5.94. The lowest BCUT2D eigenvalue weighted by Gasteiger charge is -2.37. The number of halogens is 1. The Morgan fingerprint density at radius 3 is 2.34 bits per heavy atom. The number of anilines is 2. The van der Waals surface area contributed by atoms with E-state index in [1.807, 2.05) is 37.3 Å². The van der Waals surface area contributed by atoms with E-state index in [1.54, 1.807) is 6.07 Å². The topological polar surface area (TPSA) is 48.0 Å². The van der Waals surface area contributed by atoms with Crippen molar-refractivity contribution in [2.24, 2.45) is 0 Å². The molecule has 0 aromatic heterocycles. The Hall–Kier alpha value is -2.64. The number of rotatable bonds is 6. The molecule has 2 aromatic carbocycles. The van der Waals surface area contributed by atoms with Crippen LogP contribution in [0.25, 0.3) is 0 Å². The largest absolute Gasteiger partial charge is 0.378 e. The Kier molecular flexibility index (Phi) is 7.27. The molecule has 32 heavy (non-hydrogen) atoms. The van der Waals surface area contributed by atoms with Gasteiger partial charge in [0.2, 0.25) is 0 Å². The maximum atomic E-state index is 14.1. The number of likely N-dealkylation sites (N-methyl/N-ethyl adjacent to an activating group) is 1. The van der Waals surface area contributed by atoms with E-state index in [0.29, 0.717) is 5.56 Å². The predicted molar refractivity (Wildman–Crippen MR) is 126 cm³/mol. The molecule has 0 aliphatic carbocycles. The second kappa shape index (κ2) is 10.3. The maximum Gasteiger partial charge on any atom is 0.251 e. The second-order valence-corrected chi connectivity index (χ2v) is 8.47. The molecule has 2 aromatic rings. The molecule has 0 radical (unpaired) electrons. The molecule has 1 unspecified atom stereocenters. The van der Waals surface area contributed by atoms with Gasteiger partial charge in [-0.25, -0.2) is 4.39 Å². The molecule has 1 N–H and O–H groups in total. The SMILES string of the molecule is CCN1CCN(c2ccc(F)cc2C(C)NC(=O)c2ccc(N3CCOCC3)cc2)CC1. The zero-order valence-electron chi connectivity index (χ0n) is 19.0. The number of nitrogens with one attached hydrogen (secondary N) is 1. The first-order chi connectivity index (χ1) is 15.5. The molecule has 6 nitrogen and oxygen atoms in total. The minimum Gasteiger partial charge on any atom is -0.378 e. The lowest BCUT2D eigenvalue weighted by atomic mass is 10.0. The molecule has 1 amide bonds. The average Bonchev–Trinajstić information content (AvgIpc) is 2.84. The summed E-state index contributed by atoms with van der Waals surface area (Å²) in [7, 11) is 0. The number of carbonyl (C=O) groups is 1. The molecule has 2 aliphatic rings. The van der Waals surface area contributed by atoms with Crippen molar-refractivity contribution in [1.29, 1.82) is 0 Å². The Bertz CT molecular complexity index is 907. The first-order valence-corrected chi connectivity index (χ1v) is 11.6. The summed E-state index contributed by atoms with van der Waals surface area (Å²) in [6.45, 7) is 12.1. The van der Waals surface area contributed by atoms with Gasteiger partial charge in [-0.05, 0) is 55.9 Å². The van der Waals surface area contributed by atoms with Crippen LogP contribution in [0.1, 0.15) is 35.8 Å². The van der Waals surface area contributed by atoms with Gasteiger partial charge in [0.05, 0.1) is 19.3 Å². The summed E-state index contributed by atoms with van der Waals surface area (Å²) in [5.41, 5.74) is 3.51. The lowest BCUT2D eigenvalue weighted by molar-refractivity contribution is 0.0939. The van der Waals surface area contributed by atoms with E-state index >= 15 is 0 Å². The van der Waals surface area contributed by atoms with E-state index in [0.717, 1.165) is 76.0 Å². The summed E-state index contributed by atoms with van der Waals surface area (Å²) in [4.78, 5) is 19.9. The van der Waals surface area contributed by atoms with Crippen molar-refractivity contribution in [1.82, 2.24) is 10.2 Å². The van der Waals surface area contributed by atoms with Gasteiger partial charge in [0.1, 0.15) is 5.82 Å². The van der Waals surface area contributed by atoms with Crippen molar-refractivity contribution >= 4 is 17.3 Å². The molecule has 4 rings (SSSR count). The molecule has 0 saturated carbocycles. The van der Waals surface area contributed by atoms with E-state index in [9.17, 15) is 9.18 Å². The number of amides is 1. The van der Waals surface area contributed by atoms with Crippen LogP contribution in [0.2, 0.25) is 0 Å². The summed E-state index contributed by atoms with van der Waals surface area (Å²) in [6, 6.07) is 12.2. The molecule has 2 fully saturated rings. The zero-order valence-corrected chi connectivity index (χ0v) is 19.0. The maximum absolute atomic E-state index is 14.1. The predicted octanol–water partition coefficient (Wildman–Crippen LogP) is 3.30. The number of benzene rings is 2. The molecular weight excluding hydrogens is 407 g/mol. The van der Waals surface area contributed by atoms with Gasteiger partial charge >= 0.3 is 0 Å². The van der Waals surface area contributed by atoms with Gasteiger partial charge in [-0.3, -0.25) is 4.79 Å². The highest BCUT2D eigenvalue weighted by Gasteiger charge is 2.22. The first-order valence-electron chi connectivity index (χ1n) is 11.6. The molecular formula is C25H33FN4O2. The van der Waals surface area contributed by atoms with Crippen LogP contribution in [0.5, 0.6) is 0 Å². The molecule has 0 spiro atoms. The number of piperazine rings is 1. The van der Waals surface area contributed by atoms with Crippen molar-refractivity contribution in [3.05, 3.63) is 59.4 Å². The van der Waals surface area contributed by atoms with Crippen LogP contribution >= 0.6 is 0 Å². The smallest absolute Gasteiger partial charge is 0.251 e. The van der Waals surface area contributed by atoms with E-state index in [-0.39, 0.29) is 17.8 Å². The molecule has 2 saturated heterocycles. The number of morpholine rings is 1. The number of hydrogen-bond donors (Lipinski definition) is 1. The summed E-state index contributed by atoms with van der Waals surface area (Å²) in [5, 5.41) is 3.06. The Balaban J connectivity index is 1.44. The standard InChI is InChI=1S/C25H33FN4O2/c1-3-28-10-12-30(13-11-28)24-9-6-21(26)18-23(24)19(2)27-25(31)20-4-7-22(8-5-20)29-14-16-32-17-15-29/h4-9,18-19H,3,10-17H2,1-2H3,(H,27,31). The first kappa shape index (κ1) is 22.6. The van der Waals surface area contributed by atoms with Gasteiger partial charge in [-0.2, -0.15) is 0 Å². The highest BCUT2D eigenvalue weighted by atomic mass is 19.1. The van der Waals surface area contributed by atoms with Crippen molar-refractivity contribution in [3.63, 3.8) is 0 Å². The van der Waals surface area contributed by atoms with Crippen LogP contribution in [-0.2, 0) is 4.74 Å². The third kappa shape index (κ3) is 5.22. The number of nitrogens with zero attached hydrogens (tertiary/aromatic N) is 3. The third-order valence-electron chi connectivity index (χ3n) is 6.47. The molecule has 2 aliphatic heterocycles. The van der Waals surface area contributed by atoms with Crippen molar-refractivity contribution in [3.8, 4) is 0 Å². The third-order valence-corrected chi connectivity index (χ3v) is 6.47. The second-order valence-electron chi connectivity index (χ2n) is 8.47. The molecule has 1 atom stereocenters. The van der Waals surface area contributed by atoms with Crippen LogP contribution in [-0.4, -0.2) is 69.8 Å². The highest BCUT2D eigenvalue weighted by Crippen LogP contribution is 2.29. The number of hydrogen-bond acceptors (Lipinski definition) is 5. The van der Waals surface area contributed by atoms with Crippen LogP contribution < -0.4 is 15.1 Å². The monoisotopic (exact) mass is 440 g/mol. The van der Waals surface area contributed by atoms with E-state index in [2.05, 4.69) is 26.9 Å². The fourth-order valence-corrected chi connectivity index (χ4v) is 4.47. The van der Waals surface area contributed by atoms with Crippen molar-refractivity contribution in [2.45, 2.75) is 19.9 Å². The van der Waals surface area contributed by atoms with Gasteiger partial charge in [0.15, 0.2) is 0 Å². The zero-order chi connectivity index (χ0) is 22.5. The summed E-state index contributed by atoms with van der Waals surface area (Å²) in [5.74, 6) is -0.441. The van der Waals surface area contributed by atoms with Crippen LogP contribution in [0.3, 0.4) is 0 Å². The summed E-state index contributed by atoms with van der Waals surface area (Å²) in [6.07, 6.45) is 0. The Labute approximate surface area is 189 Å². The van der Waals surface area contributed by atoms with Crippen LogP contribution in [0, 0.1) is 5.82 Å². The van der Waals surface area contributed by atoms with Crippen molar-refractivity contribution in [2.75, 3.05) is 68.8 Å². The summed E-state index contributed by atoms with van der Waals surface area (Å²) < 4.78 is 19.5. The Morgan fingerprint density at radius 2 is 1.69 bits per heavy atom. The van der Waals surface area contributed by atoms with E-state index in [4.69, 9.17) is 4.74 Å². The molecule has 2 heterocycles. The van der Waals surface area contributed by atoms with E-state index < -0.39 is 0 Å². The van der Waals surface area contributed by atoms with Gasteiger partial charge < -0.3 is 24.8 Å². The van der Waals surface area contributed by atoms with Gasteiger partial charge in [0.25, 0.3) is 5.91 Å². The summed E-state index contributed by atoms with van der Waals surface area (Å²) >= 11 is 0. The van der Waals surface area contributed by atoms with E-state index in [1.165, 1.54) is 6.07 Å². The van der Waals surface area contributed by atoms with Crippen molar-refractivity contribution < 1.29 is 13.9 Å². The molecule has 172 valence electrons. The fraction of sp³-hybridized carbons (Fsp3) is 0.480. The van der Waals surface area contributed by atoms with Gasteiger partial charge in [-0.1, -0.05) is 6.92 Å². The van der Waals surface area contributed by atoms with Crippen LogP contribution in [0.4, 0.5) is 15.8 Å². The lowest BCUT2D eigenvalue weighted by Crippen LogP contribution is -2.46. The normalized spacial score (nSPS) is 18.5. The average molecular weight is 441 g/mol. The minimum atomic E-state index is -0.309. The quantitative estimate of drug-likeness (QED) is 0.747. The minimum absolute atomic E-state index is 0.156. The van der Waals surface area contributed by atoms with Gasteiger partial charge in [0, 0.05) is 61.8 Å².